The summed E-state index contributed by atoms with van der Waals surface area (Å²) in [7, 11) is 0. The first-order chi connectivity index (χ1) is 8.58. The molecule has 0 bridgehead atoms. The molecule has 1 heterocycles. The van der Waals surface area contributed by atoms with Crippen molar-refractivity contribution in [2.45, 2.75) is 25.8 Å². The molecule has 2 rings (SSSR count). The van der Waals surface area contributed by atoms with Gasteiger partial charge >= 0.3 is 0 Å². The van der Waals surface area contributed by atoms with Crippen LogP contribution in [0.3, 0.4) is 0 Å². The zero-order valence-corrected chi connectivity index (χ0v) is 13.3. The summed E-state index contributed by atoms with van der Waals surface area (Å²) in [4.78, 5) is 2.74. The van der Waals surface area contributed by atoms with Crippen LogP contribution in [0.5, 0.6) is 0 Å². The maximum Gasteiger partial charge on any atom is 0.0420 e. The van der Waals surface area contributed by atoms with Crippen molar-refractivity contribution in [2.24, 2.45) is 5.73 Å². The third-order valence-corrected chi connectivity index (χ3v) is 4.73. The average Bonchev–Trinajstić information content (AvgIpc) is 2.75. The van der Waals surface area contributed by atoms with Crippen molar-refractivity contribution in [2.75, 3.05) is 0 Å². The molecular formula is C14H15BrClNS. The van der Waals surface area contributed by atoms with Crippen LogP contribution in [0.1, 0.15) is 28.3 Å². The predicted molar refractivity (Wildman–Crippen MR) is 83.5 cm³/mol. The molecule has 0 radical (unpaired) electrons. The van der Waals surface area contributed by atoms with Gasteiger partial charge in [-0.15, -0.1) is 11.3 Å². The molecule has 0 spiro atoms. The Hall–Kier alpha value is -0.350. The van der Waals surface area contributed by atoms with Crippen LogP contribution >= 0.6 is 38.9 Å². The molecule has 0 saturated heterocycles. The van der Waals surface area contributed by atoms with E-state index in [1.807, 2.05) is 29.5 Å². The molecule has 96 valence electrons. The molecule has 0 fully saturated rings. The zero-order valence-electron chi connectivity index (χ0n) is 10.1. The molecule has 1 nitrogen and oxygen atoms in total. The van der Waals surface area contributed by atoms with Gasteiger partial charge in [-0.3, -0.25) is 0 Å². The van der Waals surface area contributed by atoms with Crippen LogP contribution in [0.25, 0.3) is 0 Å². The second-order valence-corrected chi connectivity index (χ2v) is 6.84. The van der Waals surface area contributed by atoms with Crippen molar-refractivity contribution >= 4 is 38.9 Å². The van der Waals surface area contributed by atoms with E-state index in [1.165, 1.54) is 9.75 Å². The van der Waals surface area contributed by atoms with Gasteiger partial charge in [0.1, 0.15) is 0 Å². The zero-order chi connectivity index (χ0) is 13.1. The number of hydrogen-bond acceptors (Lipinski definition) is 2. The van der Waals surface area contributed by atoms with E-state index in [1.54, 1.807) is 0 Å². The first-order valence-corrected chi connectivity index (χ1v) is 7.86. The molecule has 4 heteroatoms. The van der Waals surface area contributed by atoms with Gasteiger partial charge in [-0.2, -0.15) is 0 Å². The van der Waals surface area contributed by atoms with E-state index in [0.29, 0.717) is 0 Å². The van der Waals surface area contributed by atoms with E-state index in [9.17, 15) is 0 Å². The molecule has 0 amide bonds. The second-order valence-electron chi connectivity index (χ2n) is 4.23. The van der Waals surface area contributed by atoms with E-state index in [-0.39, 0.29) is 6.04 Å². The molecule has 0 saturated carbocycles. The number of nitrogens with two attached hydrogens (primary N) is 1. The van der Waals surface area contributed by atoms with E-state index in [4.69, 9.17) is 17.3 Å². The van der Waals surface area contributed by atoms with Crippen molar-refractivity contribution in [1.29, 1.82) is 0 Å². The Bertz CT molecular complexity index is 518. The fourth-order valence-corrected chi connectivity index (χ4v) is 3.75. The number of thiophene rings is 1. The highest BCUT2D eigenvalue weighted by molar-refractivity contribution is 9.10. The van der Waals surface area contributed by atoms with Crippen LogP contribution < -0.4 is 5.73 Å². The lowest BCUT2D eigenvalue weighted by atomic mass is 10.0. The third kappa shape index (κ3) is 3.58. The molecule has 1 unspecified atom stereocenters. The average molecular weight is 345 g/mol. The Labute approximate surface area is 125 Å². The lowest BCUT2D eigenvalue weighted by Crippen LogP contribution is -2.12. The minimum atomic E-state index is -0.0108. The quantitative estimate of drug-likeness (QED) is 0.832. The van der Waals surface area contributed by atoms with Crippen molar-refractivity contribution in [3.63, 3.8) is 0 Å². The van der Waals surface area contributed by atoms with Gasteiger partial charge in [0, 0.05) is 31.7 Å². The number of aryl methyl sites for hydroxylation is 1. The van der Waals surface area contributed by atoms with Crippen LogP contribution in [0.15, 0.2) is 34.8 Å². The summed E-state index contributed by atoms with van der Waals surface area (Å²) in [6.07, 6.45) is 1.94. The second kappa shape index (κ2) is 6.20. The molecule has 2 aromatic rings. The minimum Gasteiger partial charge on any atom is -0.324 e. The Balaban J connectivity index is 2.13. The topological polar surface area (TPSA) is 26.0 Å². The van der Waals surface area contributed by atoms with Crippen LogP contribution in [-0.2, 0) is 12.8 Å². The predicted octanol–water partition coefficient (Wildman–Crippen LogP) is 4.97. The molecule has 1 aromatic heterocycles. The highest BCUT2D eigenvalue weighted by Crippen LogP contribution is 2.27. The van der Waals surface area contributed by atoms with E-state index in [0.717, 1.165) is 27.9 Å². The van der Waals surface area contributed by atoms with Crippen LogP contribution in [-0.4, -0.2) is 0 Å². The normalized spacial score (nSPS) is 12.7. The van der Waals surface area contributed by atoms with Gasteiger partial charge < -0.3 is 5.73 Å². The number of hydrogen-bond donors (Lipinski definition) is 1. The standard InChI is InChI=1S/C14H15BrClNS/c1-2-12-3-4-13(18-12)8-14(17)9-5-10(15)7-11(16)6-9/h3-7,14H,2,8,17H2,1H3. The summed E-state index contributed by atoms with van der Waals surface area (Å²) in [6.45, 7) is 2.17. The van der Waals surface area contributed by atoms with Crippen molar-refractivity contribution in [1.82, 2.24) is 0 Å². The Morgan fingerprint density at radius 1 is 1.28 bits per heavy atom. The van der Waals surface area contributed by atoms with Gasteiger partial charge in [-0.1, -0.05) is 34.5 Å². The SMILES string of the molecule is CCc1ccc(CC(N)c2cc(Cl)cc(Br)c2)s1. The van der Waals surface area contributed by atoms with Gasteiger partial charge in [0.15, 0.2) is 0 Å². The van der Waals surface area contributed by atoms with E-state index < -0.39 is 0 Å². The van der Waals surface area contributed by atoms with Gasteiger partial charge in [0.25, 0.3) is 0 Å². The van der Waals surface area contributed by atoms with Crippen molar-refractivity contribution in [3.8, 4) is 0 Å². The first kappa shape index (κ1) is 14.1. The van der Waals surface area contributed by atoms with Gasteiger partial charge in [-0.25, -0.2) is 0 Å². The molecule has 1 atom stereocenters. The number of rotatable bonds is 4. The molecule has 1 aromatic carbocycles. The molecular weight excluding hydrogens is 330 g/mol. The lowest BCUT2D eigenvalue weighted by Gasteiger charge is -2.12. The number of halogens is 2. The molecule has 0 aliphatic heterocycles. The third-order valence-electron chi connectivity index (χ3n) is 2.80. The summed E-state index contributed by atoms with van der Waals surface area (Å²) in [5.41, 5.74) is 7.31. The van der Waals surface area contributed by atoms with Gasteiger partial charge in [-0.05, 0) is 42.3 Å². The fourth-order valence-electron chi connectivity index (χ4n) is 1.85. The lowest BCUT2D eigenvalue weighted by molar-refractivity contribution is 0.730. The van der Waals surface area contributed by atoms with Crippen LogP contribution in [0.2, 0.25) is 5.02 Å². The molecule has 2 N–H and O–H groups in total. The van der Waals surface area contributed by atoms with Gasteiger partial charge in [0.05, 0.1) is 0 Å². The molecule has 0 aliphatic rings. The minimum absolute atomic E-state index is 0.0108. The summed E-state index contributed by atoms with van der Waals surface area (Å²) >= 11 is 11.3. The largest absolute Gasteiger partial charge is 0.324 e. The van der Waals surface area contributed by atoms with Crippen LogP contribution in [0, 0.1) is 0 Å². The molecule has 18 heavy (non-hydrogen) atoms. The summed E-state index contributed by atoms with van der Waals surface area (Å²) in [6, 6.07) is 10.2. The van der Waals surface area contributed by atoms with E-state index in [2.05, 4.69) is 35.0 Å². The fraction of sp³-hybridized carbons (Fsp3) is 0.286. The molecule has 0 aliphatic carbocycles. The Morgan fingerprint density at radius 3 is 2.61 bits per heavy atom. The number of benzene rings is 1. The Kier molecular flexibility index (Phi) is 4.84. The maximum absolute atomic E-state index is 6.24. The summed E-state index contributed by atoms with van der Waals surface area (Å²) in [5, 5.41) is 0.718. The Morgan fingerprint density at radius 2 is 2.00 bits per heavy atom. The smallest absolute Gasteiger partial charge is 0.0420 e. The monoisotopic (exact) mass is 343 g/mol. The van der Waals surface area contributed by atoms with Crippen molar-refractivity contribution < 1.29 is 0 Å². The highest BCUT2D eigenvalue weighted by Gasteiger charge is 2.10. The van der Waals surface area contributed by atoms with Crippen molar-refractivity contribution in [3.05, 3.63) is 55.1 Å². The summed E-state index contributed by atoms with van der Waals surface area (Å²) in [5.74, 6) is 0. The van der Waals surface area contributed by atoms with E-state index >= 15 is 0 Å². The van der Waals surface area contributed by atoms with Crippen LogP contribution in [0.4, 0.5) is 0 Å². The maximum atomic E-state index is 6.24. The summed E-state index contributed by atoms with van der Waals surface area (Å²) < 4.78 is 0.973. The highest BCUT2D eigenvalue weighted by atomic mass is 79.9. The first-order valence-electron chi connectivity index (χ1n) is 5.87. The van der Waals surface area contributed by atoms with Gasteiger partial charge in [0.2, 0.25) is 0 Å².